The molecule has 0 unspecified atom stereocenters. The van der Waals surface area contributed by atoms with Gasteiger partial charge in [-0.25, -0.2) is 0 Å². The minimum Gasteiger partial charge on any atom is -0.147 e. The Bertz CT molecular complexity index is 170. The van der Waals surface area contributed by atoms with Gasteiger partial charge in [0.25, 0.3) is 0 Å². The second-order valence-corrected chi connectivity index (χ2v) is 3.68. The Kier molecular flexibility index (Phi) is 2.81. The second-order valence-electron chi connectivity index (χ2n) is 2.76. The highest BCUT2D eigenvalue weighted by atomic mass is 32.1. The van der Waals surface area contributed by atoms with Gasteiger partial charge in [0.2, 0.25) is 0 Å². The third kappa shape index (κ3) is 2.43. The molecule has 0 fully saturated rings. The van der Waals surface area contributed by atoms with E-state index in [-0.39, 0.29) is 0 Å². The fraction of sp³-hybridized carbons (Fsp3) is 0.714. The van der Waals surface area contributed by atoms with Crippen molar-refractivity contribution in [3.05, 3.63) is 10.5 Å². The Morgan fingerprint density at radius 1 is 1.60 bits per heavy atom. The molecule has 10 heavy (non-hydrogen) atoms. The first-order valence-corrected chi connectivity index (χ1v) is 4.42. The molecule has 0 N–H and O–H groups in total. The van der Waals surface area contributed by atoms with Crippen molar-refractivity contribution < 1.29 is 0 Å². The number of rotatable bonds is 3. The fourth-order valence-corrected chi connectivity index (χ4v) is 1.26. The summed E-state index contributed by atoms with van der Waals surface area (Å²) in [4.78, 5) is 0. The Morgan fingerprint density at radius 3 is 2.90 bits per heavy atom. The van der Waals surface area contributed by atoms with Gasteiger partial charge in [-0.15, -0.1) is 21.5 Å². The van der Waals surface area contributed by atoms with Gasteiger partial charge in [-0.1, -0.05) is 13.8 Å². The highest BCUT2D eigenvalue weighted by molar-refractivity contribution is 7.09. The van der Waals surface area contributed by atoms with Gasteiger partial charge in [0.1, 0.15) is 10.5 Å². The van der Waals surface area contributed by atoms with Crippen molar-refractivity contribution in [2.75, 3.05) is 0 Å². The van der Waals surface area contributed by atoms with Gasteiger partial charge >= 0.3 is 0 Å². The predicted molar refractivity (Wildman–Crippen MR) is 43.1 cm³/mol. The van der Waals surface area contributed by atoms with E-state index < -0.39 is 0 Å². The van der Waals surface area contributed by atoms with Crippen LogP contribution in [0, 0.1) is 5.92 Å². The van der Waals surface area contributed by atoms with E-state index in [2.05, 4.69) is 24.0 Å². The topological polar surface area (TPSA) is 25.8 Å². The van der Waals surface area contributed by atoms with Crippen LogP contribution in [0.3, 0.4) is 0 Å². The van der Waals surface area contributed by atoms with Gasteiger partial charge in [-0.05, 0) is 12.3 Å². The predicted octanol–water partition coefficient (Wildman–Crippen LogP) is 2.13. The van der Waals surface area contributed by atoms with E-state index in [0.717, 1.165) is 17.3 Å². The van der Waals surface area contributed by atoms with Crippen LogP contribution >= 0.6 is 11.3 Å². The molecule has 1 heterocycles. The molecular formula is C7H12N2S. The molecule has 3 heteroatoms. The Balaban J connectivity index is 2.28. The summed E-state index contributed by atoms with van der Waals surface area (Å²) < 4.78 is 0. The average molecular weight is 156 g/mol. The zero-order chi connectivity index (χ0) is 7.40. The standard InChI is InChI=1S/C7H12N2S/c1-6(2)3-4-7-9-8-5-10-7/h5-6H,3-4H2,1-2H3. The number of hydrogen-bond acceptors (Lipinski definition) is 3. The van der Waals surface area contributed by atoms with Crippen LogP contribution in [0.1, 0.15) is 25.3 Å². The van der Waals surface area contributed by atoms with Crippen LogP contribution in [-0.2, 0) is 6.42 Å². The largest absolute Gasteiger partial charge is 0.147 e. The summed E-state index contributed by atoms with van der Waals surface area (Å²) in [5, 5.41) is 8.89. The third-order valence-corrected chi connectivity index (χ3v) is 2.10. The average Bonchev–Trinajstić information content (AvgIpc) is 2.34. The van der Waals surface area contributed by atoms with E-state index in [0.29, 0.717) is 0 Å². The fourth-order valence-electron chi connectivity index (χ4n) is 0.717. The molecular weight excluding hydrogens is 144 g/mol. The van der Waals surface area contributed by atoms with Crippen molar-refractivity contribution in [3.63, 3.8) is 0 Å². The Hall–Kier alpha value is -0.440. The summed E-state index contributed by atoms with van der Waals surface area (Å²) in [5.74, 6) is 0.767. The van der Waals surface area contributed by atoms with Crippen LogP contribution in [0.4, 0.5) is 0 Å². The number of hydrogen-bond donors (Lipinski definition) is 0. The maximum atomic E-state index is 3.96. The van der Waals surface area contributed by atoms with Gasteiger partial charge in [-0.2, -0.15) is 0 Å². The summed E-state index contributed by atoms with van der Waals surface area (Å²) in [6.45, 7) is 4.45. The van der Waals surface area contributed by atoms with E-state index in [1.165, 1.54) is 6.42 Å². The monoisotopic (exact) mass is 156 g/mol. The molecule has 0 amide bonds. The van der Waals surface area contributed by atoms with Crippen molar-refractivity contribution >= 4 is 11.3 Å². The molecule has 1 aromatic heterocycles. The summed E-state index contributed by atoms with van der Waals surface area (Å²) in [5.41, 5.74) is 1.79. The lowest BCUT2D eigenvalue weighted by Crippen LogP contribution is -1.91. The summed E-state index contributed by atoms with van der Waals surface area (Å²) >= 11 is 1.64. The number of aryl methyl sites for hydroxylation is 1. The highest BCUT2D eigenvalue weighted by Crippen LogP contribution is 2.09. The van der Waals surface area contributed by atoms with Crippen molar-refractivity contribution in [2.45, 2.75) is 26.7 Å². The lowest BCUT2D eigenvalue weighted by atomic mass is 10.1. The Morgan fingerprint density at radius 2 is 2.40 bits per heavy atom. The van der Waals surface area contributed by atoms with Crippen LogP contribution in [0.25, 0.3) is 0 Å². The smallest absolute Gasteiger partial charge is 0.117 e. The summed E-state index contributed by atoms with van der Waals surface area (Å²) in [7, 11) is 0. The van der Waals surface area contributed by atoms with Crippen LogP contribution < -0.4 is 0 Å². The van der Waals surface area contributed by atoms with E-state index in [4.69, 9.17) is 0 Å². The molecule has 0 aromatic carbocycles. The minimum absolute atomic E-state index is 0.767. The van der Waals surface area contributed by atoms with E-state index >= 15 is 0 Å². The first-order valence-electron chi connectivity index (χ1n) is 3.54. The van der Waals surface area contributed by atoms with E-state index in [1.54, 1.807) is 16.8 Å². The molecule has 0 aliphatic carbocycles. The number of aromatic nitrogens is 2. The minimum atomic E-state index is 0.767. The molecule has 1 rings (SSSR count). The van der Waals surface area contributed by atoms with Gasteiger partial charge in [-0.3, -0.25) is 0 Å². The van der Waals surface area contributed by atoms with Crippen LogP contribution in [0.2, 0.25) is 0 Å². The summed E-state index contributed by atoms with van der Waals surface area (Å²) in [6, 6.07) is 0. The molecule has 0 aliphatic rings. The van der Waals surface area contributed by atoms with Crippen LogP contribution in [0.5, 0.6) is 0 Å². The van der Waals surface area contributed by atoms with Crippen LogP contribution in [0.15, 0.2) is 5.51 Å². The van der Waals surface area contributed by atoms with Gasteiger partial charge in [0, 0.05) is 6.42 Å². The molecule has 0 saturated carbocycles. The molecule has 0 atom stereocenters. The molecule has 0 spiro atoms. The molecule has 0 saturated heterocycles. The zero-order valence-corrected chi connectivity index (χ0v) is 7.19. The van der Waals surface area contributed by atoms with Crippen LogP contribution in [-0.4, -0.2) is 10.2 Å². The maximum absolute atomic E-state index is 3.96. The van der Waals surface area contributed by atoms with E-state index in [9.17, 15) is 0 Å². The molecule has 0 aliphatic heterocycles. The van der Waals surface area contributed by atoms with Crippen molar-refractivity contribution in [2.24, 2.45) is 5.92 Å². The normalized spacial score (nSPS) is 10.7. The Labute approximate surface area is 65.3 Å². The molecule has 1 aromatic rings. The van der Waals surface area contributed by atoms with Gasteiger partial charge < -0.3 is 0 Å². The lowest BCUT2D eigenvalue weighted by Gasteiger charge is -1.98. The van der Waals surface area contributed by atoms with Crippen molar-refractivity contribution in [3.8, 4) is 0 Å². The van der Waals surface area contributed by atoms with Crippen molar-refractivity contribution in [1.82, 2.24) is 10.2 Å². The summed E-state index contributed by atoms with van der Waals surface area (Å²) in [6.07, 6.45) is 2.30. The first-order chi connectivity index (χ1) is 4.79. The molecule has 0 bridgehead atoms. The maximum Gasteiger partial charge on any atom is 0.117 e. The molecule has 56 valence electrons. The quantitative estimate of drug-likeness (QED) is 0.670. The lowest BCUT2D eigenvalue weighted by molar-refractivity contribution is 0.584. The zero-order valence-electron chi connectivity index (χ0n) is 6.37. The molecule has 2 nitrogen and oxygen atoms in total. The van der Waals surface area contributed by atoms with Gasteiger partial charge in [0.05, 0.1) is 0 Å². The first kappa shape index (κ1) is 7.66. The number of nitrogens with zero attached hydrogens (tertiary/aromatic N) is 2. The van der Waals surface area contributed by atoms with Gasteiger partial charge in [0.15, 0.2) is 0 Å². The second kappa shape index (κ2) is 3.66. The SMILES string of the molecule is CC(C)CCc1nncs1. The van der Waals surface area contributed by atoms with Crippen molar-refractivity contribution in [1.29, 1.82) is 0 Å². The van der Waals surface area contributed by atoms with E-state index in [1.807, 2.05) is 0 Å². The third-order valence-electron chi connectivity index (χ3n) is 1.34. The highest BCUT2D eigenvalue weighted by Gasteiger charge is 1.98. The molecule has 0 radical (unpaired) electrons.